The molecule has 0 aliphatic carbocycles. The van der Waals surface area contributed by atoms with Crippen molar-refractivity contribution in [1.29, 1.82) is 0 Å². The van der Waals surface area contributed by atoms with Crippen molar-refractivity contribution in [2.75, 3.05) is 12.8 Å². The molecule has 2 rings (SSSR count). The lowest BCUT2D eigenvalue weighted by Gasteiger charge is -2.10. The van der Waals surface area contributed by atoms with Crippen molar-refractivity contribution in [2.45, 2.75) is 4.90 Å². The fraction of sp³-hybridized carbons (Fsp3) is 0.0769. The molecule has 0 saturated carbocycles. The minimum Gasteiger partial charge on any atom is -0.456 e. The van der Waals surface area contributed by atoms with E-state index in [9.17, 15) is 8.42 Å². The van der Waals surface area contributed by atoms with Crippen molar-refractivity contribution in [2.24, 2.45) is 0 Å². The second-order valence-corrected chi connectivity index (χ2v) is 6.65. The van der Waals surface area contributed by atoms with Crippen LogP contribution in [0.2, 0.25) is 0 Å². The highest BCUT2D eigenvalue weighted by Crippen LogP contribution is 2.31. The Kier molecular flexibility index (Phi) is 4.32. The molecule has 0 radical (unpaired) electrons. The maximum Gasteiger partial charge on any atom is 0.242 e. The minimum absolute atomic E-state index is 0.0273. The van der Waals surface area contributed by atoms with Crippen LogP contribution in [0.15, 0.2) is 51.8 Å². The molecule has 0 bridgehead atoms. The Labute approximate surface area is 125 Å². The molecule has 106 valence electrons. The molecule has 0 aliphatic heterocycles. The third-order valence-corrected chi connectivity index (χ3v) is 4.75. The van der Waals surface area contributed by atoms with Gasteiger partial charge in [0.1, 0.15) is 16.4 Å². The second-order valence-electron chi connectivity index (χ2n) is 3.94. The largest absolute Gasteiger partial charge is 0.456 e. The Morgan fingerprint density at radius 3 is 2.50 bits per heavy atom. The van der Waals surface area contributed by atoms with Gasteiger partial charge in [-0.05, 0) is 47.2 Å². The predicted octanol–water partition coefficient (Wildman–Crippen LogP) is 2.73. The van der Waals surface area contributed by atoms with Crippen LogP contribution in [-0.4, -0.2) is 15.5 Å². The van der Waals surface area contributed by atoms with Crippen LogP contribution < -0.4 is 15.2 Å². The molecule has 0 fully saturated rings. The summed E-state index contributed by atoms with van der Waals surface area (Å²) in [6.07, 6.45) is 0. The van der Waals surface area contributed by atoms with Crippen molar-refractivity contribution in [1.82, 2.24) is 4.72 Å². The molecule has 0 atom stereocenters. The van der Waals surface area contributed by atoms with Gasteiger partial charge in [0.2, 0.25) is 10.0 Å². The number of hydrogen-bond donors (Lipinski definition) is 2. The fourth-order valence-electron chi connectivity index (χ4n) is 1.60. The first-order valence-corrected chi connectivity index (χ1v) is 7.97. The van der Waals surface area contributed by atoms with Crippen molar-refractivity contribution < 1.29 is 13.2 Å². The van der Waals surface area contributed by atoms with Crippen LogP contribution in [0.4, 0.5) is 5.69 Å². The number of hydrogen-bond acceptors (Lipinski definition) is 4. The van der Waals surface area contributed by atoms with Gasteiger partial charge in [-0.25, -0.2) is 13.1 Å². The summed E-state index contributed by atoms with van der Waals surface area (Å²) in [6.45, 7) is 0. The van der Waals surface area contributed by atoms with Crippen LogP contribution in [0.5, 0.6) is 11.5 Å². The van der Waals surface area contributed by atoms with Crippen LogP contribution in [0.25, 0.3) is 0 Å². The van der Waals surface area contributed by atoms with Crippen LogP contribution in [0.1, 0.15) is 0 Å². The van der Waals surface area contributed by atoms with E-state index in [0.717, 1.165) is 4.47 Å². The first-order valence-electron chi connectivity index (χ1n) is 5.69. The third-order valence-electron chi connectivity index (χ3n) is 2.60. The summed E-state index contributed by atoms with van der Waals surface area (Å²) < 4.78 is 32.1. The Morgan fingerprint density at radius 2 is 1.90 bits per heavy atom. The molecule has 0 heterocycles. The zero-order chi connectivity index (χ0) is 14.8. The lowest BCUT2D eigenvalue weighted by atomic mass is 10.3. The van der Waals surface area contributed by atoms with Crippen LogP contribution in [0, 0.1) is 0 Å². The van der Waals surface area contributed by atoms with Gasteiger partial charge in [-0.15, -0.1) is 0 Å². The molecule has 0 aromatic heterocycles. The fourth-order valence-corrected chi connectivity index (χ4v) is 2.80. The van der Waals surface area contributed by atoms with Gasteiger partial charge in [-0.2, -0.15) is 0 Å². The standard InChI is InChI=1S/C13H13BrN2O3S/c1-16-20(17,18)13-7-6-9(8-11(13)15)19-12-5-3-2-4-10(12)14/h2-8,16H,15H2,1H3. The predicted molar refractivity (Wildman–Crippen MR) is 81.3 cm³/mol. The highest BCUT2D eigenvalue weighted by Gasteiger charge is 2.15. The Balaban J connectivity index is 2.33. The molecule has 0 saturated heterocycles. The lowest BCUT2D eigenvalue weighted by molar-refractivity contribution is 0.479. The molecule has 7 heteroatoms. The van der Waals surface area contributed by atoms with Gasteiger partial charge in [0, 0.05) is 6.07 Å². The van der Waals surface area contributed by atoms with Crippen molar-refractivity contribution in [3.05, 3.63) is 46.9 Å². The van der Waals surface area contributed by atoms with Gasteiger partial charge in [-0.3, -0.25) is 0 Å². The summed E-state index contributed by atoms with van der Waals surface area (Å²) in [4.78, 5) is 0.0273. The summed E-state index contributed by atoms with van der Waals surface area (Å²) in [7, 11) is -2.23. The Bertz CT molecular complexity index is 732. The van der Waals surface area contributed by atoms with Gasteiger partial charge in [0.05, 0.1) is 10.2 Å². The van der Waals surface area contributed by atoms with Gasteiger partial charge in [0.15, 0.2) is 0 Å². The van der Waals surface area contributed by atoms with Crippen molar-refractivity contribution in [3.63, 3.8) is 0 Å². The average Bonchev–Trinajstić information content (AvgIpc) is 2.41. The number of nitrogens with one attached hydrogen (secondary N) is 1. The summed E-state index contributed by atoms with van der Waals surface area (Å²) >= 11 is 3.37. The van der Waals surface area contributed by atoms with Crippen molar-refractivity contribution >= 4 is 31.6 Å². The Morgan fingerprint density at radius 1 is 1.20 bits per heavy atom. The second kappa shape index (κ2) is 5.82. The number of anilines is 1. The molecular formula is C13H13BrN2O3S. The lowest BCUT2D eigenvalue weighted by Crippen LogP contribution is -2.19. The number of nitrogens with two attached hydrogens (primary N) is 1. The smallest absolute Gasteiger partial charge is 0.242 e. The molecule has 0 spiro atoms. The number of halogens is 1. The molecule has 3 N–H and O–H groups in total. The van der Waals surface area contributed by atoms with E-state index in [1.54, 1.807) is 12.1 Å². The van der Waals surface area contributed by atoms with E-state index in [0.29, 0.717) is 11.5 Å². The zero-order valence-corrected chi connectivity index (χ0v) is 13.0. The average molecular weight is 357 g/mol. The van der Waals surface area contributed by atoms with Gasteiger partial charge in [0.25, 0.3) is 0 Å². The van der Waals surface area contributed by atoms with E-state index in [4.69, 9.17) is 10.5 Å². The molecule has 2 aromatic carbocycles. The number of para-hydroxylation sites is 1. The molecule has 0 amide bonds. The van der Waals surface area contributed by atoms with E-state index >= 15 is 0 Å². The summed E-state index contributed by atoms with van der Waals surface area (Å²) in [5.74, 6) is 1.08. The highest BCUT2D eigenvalue weighted by molar-refractivity contribution is 9.10. The van der Waals surface area contributed by atoms with Crippen molar-refractivity contribution in [3.8, 4) is 11.5 Å². The molecule has 0 aliphatic rings. The van der Waals surface area contributed by atoms with E-state index < -0.39 is 10.0 Å². The van der Waals surface area contributed by atoms with E-state index in [-0.39, 0.29) is 10.6 Å². The molecule has 5 nitrogen and oxygen atoms in total. The molecule has 0 unspecified atom stereocenters. The number of nitrogen functional groups attached to an aromatic ring is 1. The SMILES string of the molecule is CNS(=O)(=O)c1ccc(Oc2ccccc2Br)cc1N. The monoisotopic (exact) mass is 356 g/mol. The number of rotatable bonds is 4. The molecule has 20 heavy (non-hydrogen) atoms. The Hall–Kier alpha value is -1.57. The van der Waals surface area contributed by atoms with E-state index in [2.05, 4.69) is 20.7 Å². The quantitative estimate of drug-likeness (QED) is 0.825. The topological polar surface area (TPSA) is 81.4 Å². The minimum atomic E-state index is -3.57. The first kappa shape index (κ1) is 14.8. The van der Waals surface area contributed by atoms with Crippen LogP contribution in [0.3, 0.4) is 0 Å². The maximum absolute atomic E-state index is 11.7. The van der Waals surface area contributed by atoms with Gasteiger partial charge >= 0.3 is 0 Å². The molecular weight excluding hydrogens is 344 g/mol. The van der Waals surface area contributed by atoms with E-state index in [1.165, 1.54) is 19.2 Å². The summed E-state index contributed by atoms with van der Waals surface area (Å²) in [6, 6.07) is 11.8. The third kappa shape index (κ3) is 3.12. The van der Waals surface area contributed by atoms with E-state index in [1.807, 2.05) is 18.2 Å². The number of ether oxygens (including phenoxy) is 1. The van der Waals surface area contributed by atoms with Crippen LogP contribution in [-0.2, 0) is 10.0 Å². The highest BCUT2D eigenvalue weighted by atomic mass is 79.9. The first-order chi connectivity index (χ1) is 9.44. The normalized spacial score (nSPS) is 11.3. The summed E-state index contributed by atoms with van der Waals surface area (Å²) in [5.41, 5.74) is 5.89. The number of benzene rings is 2. The molecule has 2 aromatic rings. The van der Waals surface area contributed by atoms with Gasteiger partial charge in [-0.1, -0.05) is 12.1 Å². The van der Waals surface area contributed by atoms with Crippen LogP contribution >= 0.6 is 15.9 Å². The zero-order valence-electron chi connectivity index (χ0n) is 10.6. The maximum atomic E-state index is 11.7. The summed E-state index contributed by atoms with van der Waals surface area (Å²) in [5, 5.41) is 0. The van der Waals surface area contributed by atoms with Gasteiger partial charge < -0.3 is 10.5 Å². The number of sulfonamides is 1.